The summed E-state index contributed by atoms with van der Waals surface area (Å²) in [5.74, 6) is 0. The first-order valence-electron chi connectivity index (χ1n) is 10.2. The van der Waals surface area contributed by atoms with Gasteiger partial charge >= 0.3 is 26.2 Å². The predicted octanol–water partition coefficient (Wildman–Crippen LogP) is 7.35. The Morgan fingerprint density at radius 1 is 0.630 bits per heavy atom. The largest absolute Gasteiger partial charge is 4.00 e. The summed E-state index contributed by atoms with van der Waals surface area (Å²) in [5.41, 5.74) is 5.65. The normalized spacial score (nSPS) is 8.89. The van der Waals surface area contributed by atoms with Gasteiger partial charge in [-0.2, -0.15) is 61.6 Å². The van der Waals surface area contributed by atoms with Gasteiger partial charge in [-0.1, -0.05) is 68.2 Å². The summed E-state index contributed by atoms with van der Waals surface area (Å²) < 4.78 is 0. The molecule has 0 saturated carbocycles. The Balaban J connectivity index is -0.000000289. The molecule has 2 aromatic rings. The molecule has 0 spiro atoms. The molecule has 0 heterocycles. The molecule has 0 amide bonds. The molecule has 0 fully saturated rings. The van der Waals surface area contributed by atoms with E-state index in [1.807, 2.05) is 27.7 Å². The summed E-state index contributed by atoms with van der Waals surface area (Å²) in [6.07, 6.45) is 2.32. The summed E-state index contributed by atoms with van der Waals surface area (Å²) >= 11 is 0. The van der Waals surface area contributed by atoms with Crippen molar-refractivity contribution in [2.45, 2.75) is 68.2 Å². The van der Waals surface area contributed by atoms with Crippen molar-refractivity contribution in [1.29, 1.82) is 0 Å². The summed E-state index contributed by atoms with van der Waals surface area (Å²) in [4.78, 5) is 0. The average Bonchev–Trinajstić information content (AvgIpc) is 3.26. The molecular weight excluding hydrogens is 408 g/mol. The van der Waals surface area contributed by atoms with Crippen LogP contribution in [0.5, 0.6) is 0 Å². The van der Waals surface area contributed by atoms with E-state index in [1.165, 1.54) is 22.3 Å². The van der Waals surface area contributed by atoms with Gasteiger partial charge in [0, 0.05) is 0 Å². The van der Waals surface area contributed by atoms with Crippen LogP contribution in [0.15, 0.2) is 36.4 Å². The van der Waals surface area contributed by atoms with Crippen LogP contribution in [0.1, 0.15) is 63.8 Å². The van der Waals surface area contributed by atoms with Gasteiger partial charge in [-0.15, -0.1) is 0 Å². The molecule has 152 valence electrons. The third-order valence-corrected chi connectivity index (χ3v) is 3.66. The van der Waals surface area contributed by atoms with Gasteiger partial charge in [-0.3, -0.25) is 0 Å². The van der Waals surface area contributed by atoms with E-state index < -0.39 is 0 Å². The van der Waals surface area contributed by atoms with Crippen molar-refractivity contribution < 1.29 is 26.2 Å². The van der Waals surface area contributed by atoms with Crippen LogP contribution in [0.3, 0.4) is 0 Å². The molecule has 3 heteroatoms. The van der Waals surface area contributed by atoms with Gasteiger partial charge in [0.1, 0.15) is 0 Å². The maximum Gasteiger partial charge on any atom is 4.00 e. The fourth-order valence-electron chi connectivity index (χ4n) is 2.14. The van der Waals surface area contributed by atoms with E-state index in [0.717, 1.165) is 39.0 Å². The van der Waals surface area contributed by atoms with Crippen molar-refractivity contribution in [1.82, 2.24) is 0 Å². The topological polar surface area (TPSA) is 28.2 Å². The maximum absolute atomic E-state index is 3.97. The fourth-order valence-corrected chi connectivity index (χ4v) is 2.14. The predicted molar refractivity (Wildman–Crippen MR) is 121 cm³/mol. The number of aryl methyl sites for hydroxylation is 4. The molecule has 2 rings (SSSR count). The molecule has 2 aromatic carbocycles. The number of hydrogen-bond acceptors (Lipinski definition) is 0. The monoisotopic (exact) mass is 448 g/mol. The molecule has 2 nitrogen and oxygen atoms in total. The number of nitrogens with zero attached hydrogens (tertiary/aromatic N) is 2. The second kappa shape index (κ2) is 23.5. The summed E-state index contributed by atoms with van der Waals surface area (Å²) in [6.45, 7) is 20.7. The van der Waals surface area contributed by atoms with E-state index in [4.69, 9.17) is 0 Å². The van der Waals surface area contributed by atoms with E-state index in [1.54, 1.807) is 0 Å². The summed E-state index contributed by atoms with van der Waals surface area (Å²) in [5, 5.41) is 7.94. The smallest absolute Gasteiger partial charge is 0.663 e. The van der Waals surface area contributed by atoms with Crippen LogP contribution in [-0.2, 0) is 39.0 Å². The minimum Gasteiger partial charge on any atom is -0.663 e. The second-order valence-electron chi connectivity index (χ2n) is 6.01. The zero-order chi connectivity index (χ0) is 20.2. The molecule has 0 aromatic heterocycles. The quantitative estimate of drug-likeness (QED) is 0.412. The van der Waals surface area contributed by atoms with Gasteiger partial charge in [-0.05, 0) is 0 Å². The van der Waals surface area contributed by atoms with Crippen molar-refractivity contribution in [2.24, 2.45) is 0 Å². The van der Waals surface area contributed by atoms with Gasteiger partial charge in [-0.25, -0.2) is 23.3 Å². The van der Waals surface area contributed by atoms with Crippen LogP contribution in [0.25, 0.3) is 10.6 Å². The second-order valence-corrected chi connectivity index (χ2v) is 6.01. The van der Waals surface area contributed by atoms with E-state index >= 15 is 0 Å². The summed E-state index contributed by atoms with van der Waals surface area (Å²) in [7, 11) is 0. The fraction of sp³-hybridized carbons (Fsp3) is 0.583. The molecule has 0 radical (unpaired) electrons. The zero-order valence-electron chi connectivity index (χ0n) is 19.1. The van der Waals surface area contributed by atoms with Crippen molar-refractivity contribution >= 4 is 0 Å². The van der Waals surface area contributed by atoms with Crippen LogP contribution < -0.4 is 0 Å². The van der Waals surface area contributed by atoms with Gasteiger partial charge in [0.05, 0.1) is 0 Å². The van der Waals surface area contributed by atoms with Crippen molar-refractivity contribution in [2.75, 3.05) is 26.2 Å². The molecule has 0 saturated heterocycles. The van der Waals surface area contributed by atoms with Crippen molar-refractivity contribution in [3.8, 4) is 0 Å². The van der Waals surface area contributed by atoms with Gasteiger partial charge in [0.2, 0.25) is 0 Å². The third-order valence-electron chi connectivity index (χ3n) is 3.66. The Morgan fingerprint density at radius 3 is 1.00 bits per heavy atom. The maximum atomic E-state index is 3.97. The Labute approximate surface area is 189 Å². The summed E-state index contributed by atoms with van der Waals surface area (Å²) in [6, 6.07) is 13.1. The van der Waals surface area contributed by atoms with Crippen LogP contribution in [0.4, 0.5) is 0 Å². The van der Waals surface area contributed by atoms with E-state index in [-0.39, 0.29) is 26.2 Å². The molecule has 27 heavy (non-hydrogen) atoms. The van der Waals surface area contributed by atoms with E-state index in [2.05, 4.69) is 74.7 Å². The van der Waals surface area contributed by atoms with Crippen LogP contribution in [0.2, 0.25) is 0 Å². The van der Waals surface area contributed by atoms with Crippen LogP contribution in [0, 0.1) is 13.8 Å². The number of rotatable bonds is 6. The SMILES string of the molecule is CC[N-]CC.CC[N-]CC.CC[c-]1ccc(C)c1.CC[c-]1ccc(C)c1.[Zr+4]. The molecule has 0 bridgehead atoms. The van der Waals surface area contributed by atoms with Gasteiger partial charge in [0.15, 0.2) is 0 Å². The zero-order valence-corrected chi connectivity index (χ0v) is 21.6. The Hall–Kier alpha value is -0.497. The van der Waals surface area contributed by atoms with E-state index in [9.17, 15) is 0 Å². The van der Waals surface area contributed by atoms with Crippen molar-refractivity contribution in [3.63, 3.8) is 0 Å². The first-order chi connectivity index (χ1) is 12.5. The molecular formula is C24H42N2Zr. The molecule has 0 unspecified atom stereocenters. The van der Waals surface area contributed by atoms with Gasteiger partial charge < -0.3 is 10.6 Å². The first kappa shape index (κ1) is 31.2. The molecule has 0 N–H and O–H groups in total. The Bertz CT molecular complexity index is 450. The van der Waals surface area contributed by atoms with E-state index in [0.29, 0.717) is 0 Å². The van der Waals surface area contributed by atoms with Crippen LogP contribution in [-0.4, -0.2) is 26.2 Å². The molecule has 0 atom stereocenters. The molecule has 0 aliphatic heterocycles. The van der Waals surface area contributed by atoms with Gasteiger partial charge in [0.25, 0.3) is 0 Å². The number of hydrogen-bond donors (Lipinski definition) is 0. The molecule has 0 aliphatic rings. The first-order valence-corrected chi connectivity index (χ1v) is 10.2. The van der Waals surface area contributed by atoms with Crippen molar-refractivity contribution in [3.05, 3.63) is 69.3 Å². The molecule has 0 aliphatic carbocycles. The Kier molecular flexibility index (Phi) is 27.2. The third kappa shape index (κ3) is 21.7. The minimum absolute atomic E-state index is 0. The average molecular weight is 450 g/mol. The Morgan fingerprint density at radius 2 is 0.926 bits per heavy atom. The van der Waals surface area contributed by atoms with Crippen LogP contribution >= 0.6 is 0 Å². The standard InChI is InChI=1S/2C8H11.2C4H10N.Zr/c2*1-3-8-5-4-7(2)6-8;2*1-3-5-4-2;/h2*4-6H,3H2,1-2H3;2*3-4H2,1-2H3;/q4*-1;+4. The minimum atomic E-state index is 0.